The van der Waals surface area contributed by atoms with Gasteiger partial charge in [-0.3, -0.25) is 0 Å². The van der Waals surface area contributed by atoms with Crippen LogP contribution >= 0.6 is 35.3 Å². The molecule has 0 bridgehead atoms. The number of thioether (sulfide) groups is 1. The van der Waals surface area contributed by atoms with Crippen molar-refractivity contribution in [1.82, 2.24) is 9.78 Å². The predicted octanol–water partition coefficient (Wildman–Crippen LogP) is 3.39. The van der Waals surface area contributed by atoms with Crippen LogP contribution in [0.15, 0.2) is 34.7 Å². The Labute approximate surface area is 95.6 Å². The lowest BCUT2D eigenvalue weighted by molar-refractivity contribution is 0.830. The highest BCUT2D eigenvalue weighted by Crippen LogP contribution is 2.21. The maximum absolute atomic E-state index is 5.23. The number of benzene rings is 1. The van der Waals surface area contributed by atoms with Crippen molar-refractivity contribution in [1.29, 1.82) is 0 Å². The van der Waals surface area contributed by atoms with Crippen molar-refractivity contribution < 1.29 is 0 Å². The fourth-order valence-electron chi connectivity index (χ4n) is 1.08. The lowest BCUT2D eigenvalue weighted by Crippen LogP contribution is -1.95. The molecule has 72 valence electrons. The Morgan fingerprint density at radius 2 is 2.07 bits per heavy atom. The van der Waals surface area contributed by atoms with E-state index in [1.165, 1.54) is 11.3 Å². The maximum atomic E-state index is 5.23. The van der Waals surface area contributed by atoms with Gasteiger partial charge in [0.25, 0.3) is 0 Å². The summed E-state index contributed by atoms with van der Waals surface area (Å²) >= 11 is 8.38. The fraction of sp³-hybridized carbons (Fsp3) is 0.111. The molecular weight excluding hydrogens is 232 g/mol. The zero-order valence-electron chi connectivity index (χ0n) is 7.51. The lowest BCUT2D eigenvalue weighted by Gasteiger charge is -1.98. The van der Waals surface area contributed by atoms with Gasteiger partial charge < -0.3 is 0 Å². The molecule has 2 rings (SSSR count). The Morgan fingerprint density at radius 1 is 1.36 bits per heavy atom. The van der Waals surface area contributed by atoms with Gasteiger partial charge in [0.1, 0.15) is 0 Å². The average Bonchev–Trinajstić information content (AvgIpc) is 2.61. The third-order valence-corrected chi connectivity index (χ3v) is 3.91. The van der Waals surface area contributed by atoms with E-state index in [2.05, 4.69) is 5.10 Å². The third kappa shape index (κ3) is 1.89. The number of aromatic nitrogens is 2. The summed E-state index contributed by atoms with van der Waals surface area (Å²) in [6.45, 7) is 0. The van der Waals surface area contributed by atoms with Crippen LogP contribution in [0.25, 0.3) is 5.69 Å². The Hall–Kier alpha value is -0.650. The molecular formula is C9H8N2S3. The van der Waals surface area contributed by atoms with E-state index >= 15 is 0 Å². The van der Waals surface area contributed by atoms with Crippen LogP contribution in [0.2, 0.25) is 0 Å². The minimum atomic E-state index is 0.792. The summed E-state index contributed by atoms with van der Waals surface area (Å²) in [5, 5.41) is 4.39. The van der Waals surface area contributed by atoms with E-state index in [9.17, 15) is 0 Å². The third-order valence-electron chi connectivity index (χ3n) is 1.70. The zero-order chi connectivity index (χ0) is 9.97. The van der Waals surface area contributed by atoms with E-state index in [1.54, 1.807) is 16.4 Å². The molecule has 0 amide bonds. The van der Waals surface area contributed by atoms with E-state index in [0.29, 0.717) is 0 Å². The molecule has 0 aliphatic carbocycles. The fourth-order valence-corrected chi connectivity index (χ4v) is 2.85. The van der Waals surface area contributed by atoms with Crippen LogP contribution < -0.4 is 0 Å². The first-order valence-corrected chi connectivity index (χ1v) is 6.46. The van der Waals surface area contributed by atoms with Crippen LogP contribution in [-0.2, 0) is 0 Å². The summed E-state index contributed by atoms with van der Waals surface area (Å²) < 4.78 is 3.59. The Bertz CT molecular complexity index is 472. The van der Waals surface area contributed by atoms with Gasteiger partial charge in [0.15, 0.2) is 8.29 Å². The van der Waals surface area contributed by atoms with Crippen molar-refractivity contribution in [3.8, 4) is 5.69 Å². The van der Waals surface area contributed by atoms with Crippen molar-refractivity contribution in [2.45, 2.75) is 4.34 Å². The van der Waals surface area contributed by atoms with Crippen LogP contribution in [0.4, 0.5) is 0 Å². The standard InChI is InChI=1S/C9H8N2S3/c1-13-8-10-11(9(12)14-8)7-5-3-2-4-6-7/h2-6H,1H3. The molecule has 0 atom stereocenters. The molecule has 0 fully saturated rings. The van der Waals surface area contributed by atoms with Gasteiger partial charge in [-0.15, -0.1) is 5.10 Å². The van der Waals surface area contributed by atoms with Crippen molar-refractivity contribution in [3.63, 3.8) is 0 Å². The molecule has 2 aromatic rings. The largest absolute Gasteiger partial charge is 0.211 e. The van der Waals surface area contributed by atoms with E-state index in [0.717, 1.165) is 14.0 Å². The molecule has 1 aromatic carbocycles. The van der Waals surface area contributed by atoms with Crippen LogP contribution in [0.3, 0.4) is 0 Å². The molecule has 0 saturated carbocycles. The summed E-state index contributed by atoms with van der Waals surface area (Å²) in [6, 6.07) is 9.94. The molecule has 2 nitrogen and oxygen atoms in total. The quantitative estimate of drug-likeness (QED) is 0.592. The minimum Gasteiger partial charge on any atom is -0.211 e. The SMILES string of the molecule is CSc1nn(-c2ccccc2)c(=S)s1. The highest BCUT2D eigenvalue weighted by Gasteiger charge is 2.03. The molecule has 0 aliphatic heterocycles. The van der Waals surface area contributed by atoms with Crippen LogP contribution in [-0.4, -0.2) is 16.0 Å². The molecule has 0 unspecified atom stereocenters. The molecule has 0 N–H and O–H groups in total. The summed E-state index contributed by atoms with van der Waals surface area (Å²) in [7, 11) is 0. The summed E-state index contributed by atoms with van der Waals surface area (Å²) in [5.41, 5.74) is 1.02. The number of hydrogen-bond donors (Lipinski definition) is 0. The molecule has 0 aliphatic rings. The molecule has 0 spiro atoms. The predicted molar refractivity (Wildman–Crippen MR) is 64.1 cm³/mol. The van der Waals surface area contributed by atoms with Crippen LogP contribution in [0.5, 0.6) is 0 Å². The highest BCUT2D eigenvalue weighted by atomic mass is 32.2. The highest BCUT2D eigenvalue weighted by molar-refractivity contribution is 8.00. The van der Waals surface area contributed by atoms with E-state index in [-0.39, 0.29) is 0 Å². The van der Waals surface area contributed by atoms with Gasteiger partial charge in [0.2, 0.25) is 0 Å². The lowest BCUT2D eigenvalue weighted by atomic mass is 10.3. The van der Waals surface area contributed by atoms with Gasteiger partial charge in [0, 0.05) is 0 Å². The van der Waals surface area contributed by atoms with Crippen LogP contribution in [0, 0.1) is 3.95 Å². The molecule has 1 heterocycles. The monoisotopic (exact) mass is 240 g/mol. The topological polar surface area (TPSA) is 17.8 Å². The number of para-hydroxylation sites is 1. The zero-order valence-corrected chi connectivity index (χ0v) is 9.96. The molecule has 0 saturated heterocycles. The second-order valence-electron chi connectivity index (χ2n) is 2.59. The molecule has 0 radical (unpaired) electrons. The van der Waals surface area contributed by atoms with E-state index in [1.807, 2.05) is 36.6 Å². The Morgan fingerprint density at radius 3 is 2.64 bits per heavy atom. The smallest absolute Gasteiger partial charge is 0.184 e. The number of hydrogen-bond acceptors (Lipinski definition) is 4. The van der Waals surface area contributed by atoms with Gasteiger partial charge in [-0.1, -0.05) is 41.3 Å². The van der Waals surface area contributed by atoms with Crippen molar-refractivity contribution in [2.24, 2.45) is 0 Å². The minimum absolute atomic E-state index is 0.792. The van der Waals surface area contributed by atoms with Gasteiger partial charge in [-0.05, 0) is 30.6 Å². The second kappa shape index (κ2) is 4.25. The normalized spacial score (nSPS) is 10.4. The first-order valence-electron chi connectivity index (χ1n) is 4.01. The second-order valence-corrected chi connectivity index (χ2v) is 5.26. The van der Waals surface area contributed by atoms with E-state index in [4.69, 9.17) is 12.2 Å². The van der Waals surface area contributed by atoms with Gasteiger partial charge in [0.05, 0.1) is 5.69 Å². The first-order chi connectivity index (χ1) is 6.81. The Kier molecular flexibility index (Phi) is 3.00. The maximum Gasteiger partial charge on any atom is 0.184 e. The van der Waals surface area contributed by atoms with Crippen LogP contribution in [0.1, 0.15) is 0 Å². The van der Waals surface area contributed by atoms with Gasteiger partial charge >= 0.3 is 0 Å². The average molecular weight is 240 g/mol. The summed E-state index contributed by atoms with van der Waals surface area (Å²) in [4.78, 5) is 0. The van der Waals surface area contributed by atoms with Gasteiger partial charge in [-0.25, -0.2) is 4.68 Å². The number of rotatable bonds is 2. The van der Waals surface area contributed by atoms with Crippen molar-refractivity contribution in [2.75, 3.05) is 6.26 Å². The Balaban J connectivity index is 2.52. The van der Waals surface area contributed by atoms with E-state index < -0.39 is 0 Å². The summed E-state index contributed by atoms with van der Waals surface area (Å²) in [5.74, 6) is 0. The molecule has 5 heteroatoms. The molecule has 14 heavy (non-hydrogen) atoms. The van der Waals surface area contributed by atoms with Crippen molar-refractivity contribution >= 4 is 35.3 Å². The first kappa shape index (κ1) is 9.89. The molecule has 1 aromatic heterocycles. The number of nitrogens with zero attached hydrogens (tertiary/aromatic N) is 2. The summed E-state index contributed by atoms with van der Waals surface area (Å²) in [6.07, 6.45) is 2.00. The van der Waals surface area contributed by atoms with Gasteiger partial charge in [-0.2, -0.15) is 0 Å². The van der Waals surface area contributed by atoms with Crippen molar-refractivity contribution in [3.05, 3.63) is 34.3 Å².